The zero-order valence-corrected chi connectivity index (χ0v) is 11.6. The molecule has 1 aliphatic heterocycles. The smallest absolute Gasteiger partial charge is 0.246 e. The van der Waals surface area contributed by atoms with Crippen LogP contribution >= 0.6 is 12.2 Å². The monoisotopic (exact) mass is 284 g/mol. The third-order valence-electron chi connectivity index (χ3n) is 2.66. The standard InChI is InChI=1S/C11H16N4O3S/c1-3-14-9(17)7(5-13-6-8(12)16)10(18)15(4-2)11(14)19/h5,7H,3-4,6H2,1-2H3,(H2,12,16). The van der Waals surface area contributed by atoms with Crippen LogP contribution in [-0.2, 0) is 14.4 Å². The topological polar surface area (TPSA) is 96.1 Å². The zero-order chi connectivity index (χ0) is 14.6. The second-order valence-electron chi connectivity index (χ2n) is 3.88. The van der Waals surface area contributed by atoms with Crippen molar-refractivity contribution < 1.29 is 14.4 Å². The Bertz CT molecular complexity index is 423. The van der Waals surface area contributed by atoms with Gasteiger partial charge in [0.2, 0.25) is 17.7 Å². The lowest BCUT2D eigenvalue weighted by molar-refractivity contribution is -0.143. The highest BCUT2D eigenvalue weighted by atomic mass is 32.1. The van der Waals surface area contributed by atoms with E-state index in [1.165, 1.54) is 16.0 Å². The molecule has 0 saturated carbocycles. The first-order valence-electron chi connectivity index (χ1n) is 5.88. The van der Waals surface area contributed by atoms with Crippen LogP contribution in [0.1, 0.15) is 13.8 Å². The first-order chi connectivity index (χ1) is 8.93. The van der Waals surface area contributed by atoms with Crippen LogP contribution in [-0.4, -0.2) is 58.5 Å². The lowest BCUT2D eigenvalue weighted by atomic mass is 10.1. The summed E-state index contributed by atoms with van der Waals surface area (Å²) in [5, 5.41) is 0.208. The van der Waals surface area contributed by atoms with E-state index in [0.717, 1.165) is 0 Å². The van der Waals surface area contributed by atoms with Crippen LogP contribution in [0.25, 0.3) is 0 Å². The average molecular weight is 284 g/mol. The van der Waals surface area contributed by atoms with Gasteiger partial charge < -0.3 is 5.73 Å². The minimum Gasteiger partial charge on any atom is -0.368 e. The number of thiocarbonyl (C=S) groups is 1. The lowest BCUT2D eigenvalue weighted by Gasteiger charge is -2.37. The normalized spacial score (nSPS) is 17.7. The van der Waals surface area contributed by atoms with Crippen molar-refractivity contribution in [1.29, 1.82) is 0 Å². The number of aliphatic imine (C=N–C) groups is 1. The summed E-state index contributed by atoms with van der Waals surface area (Å²) in [6, 6.07) is 0. The lowest BCUT2D eigenvalue weighted by Crippen LogP contribution is -2.59. The van der Waals surface area contributed by atoms with Crippen LogP contribution < -0.4 is 5.73 Å². The van der Waals surface area contributed by atoms with E-state index in [0.29, 0.717) is 13.1 Å². The van der Waals surface area contributed by atoms with Crippen LogP contribution in [0.15, 0.2) is 4.99 Å². The Kier molecular flexibility index (Phi) is 5.11. The Morgan fingerprint density at radius 2 is 1.79 bits per heavy atom. The van der Waals surface area contributed by atoms with Gasteiger partial charge in [0.05, 0.1) is 0 Å². The largest absolute Gasteiger partial charge is 0.368 e. The number of amides is 3. The van der Waals surface area contributed by atoms with E-state index >= 15 is 0 Å². The number of hydrogen-bond donors (Lipinski definition) is 1. The molecule has 0 radical (unpaired) electrons. The predicted molar refractivity (Wildman–Crippen MR) is 73.4 cm³/mol. The molecule has 1 saturated heterocycles. The maximum absolute atomic E-state index is 12.1. The van der Waals surface area contributed by atoms with Gasteiger partial charge in [-0.3, -0.25) is 29.2 Å². The molecular weight excluding hydrogens is 268 g/mol. The first-order valence-corrected chi connectivity index (χ1v) is 6.29. The SMILES string of the molecule is CCN1C(=O)C(C=NCC(N)=O)C(=O)N(CC)C1=S. The van der Waals surface area contributed by atoms with E-state index in [-0.39, 0.29) is 11.7 Å². The van der Waals surface area contributed by atoms with Crippen molar-refractivity contribution >= 4 is 41.3 Å². The van der Waals surface area contributed by atoms with Gasteiger partial charge in [0.15, 0.2) is 11.0 Å². The van der Waals surface area contributed by atoms with Gasteiger partial charge >= 0.3 is 0 Å². The highest BCUT2D eigenvalue weighted by Gasteiger charge is 2.41. The van der Waals surface area contributed by atoms with Crippen molar-refractivity contribution in [2.75, 3.05) is 19.6 Å². The second kappa shape index (κ2) is 6.37. The molecule has 2 N–H and O–H groups in total. The number of primary amides is 1. The summed E-state index contributed by atoms with van der Waals surface area (Å²) < 4.78 is 0. The van der Waals surface area contributed by atoms with E-state index in [2.05, 4.69) is 4.99 Å². The van der Waals surface area contributed by atoms with E-state index in [9.17, 15) is 14.4 Å². The molecule has 0 atom stereocenters. The fourth-order valence-corrected chi connectivity index (χ4v) is 2.17. The molecule has 1 aliphatic rings. The summed E-state index contributed by atoms with van der Waals surface area (Å²) in [5.41, 5.74) is 4.94. The molecule has 1 fully saturated rings. The molecule has 19 heavy (non-hydrogen) atoms. The fraction of sp³-hybridized carbons (Fsp3) is 0.545. The van der Waals surface area contributed by atoms with Crippen LogP contribution in [0.2, 0.25) is 0 Å². The van der Waals surface area contributed by atoms with Crippen LogP contribution in [0.5, 0.6) is 0 Å². The molecule has 0 aromatic carbocycles. The van der Waals surface area contributed by atoms with Crippen molar-refractivity contribution in [2.24, 2.45) is 16.6 Å². The molecule has 1 heterocycles. The van der Waals surface area contributed by atoms with Gasteiger partial charge in [-0.1, -0.05) is 0 Å². The highest BCUT2D eigenvalue weighted by Crippen LogP contribution is 2.16. The Hall–Kier alpha value is -1.83. The average Bonchev–Trinajstić information content (AvgIpc) is 2.34. The molecule has 3 amide bonds. The fourth-order valence-electron chi connectivity index (χ4n) is 1.73. The summed E-state index contributed by atoms with van der Waals surface area (Å²) in [6.45, 7) is 4.04. The minimum absolute atomic E-state index is 0.208. The molecule has 0 unspecified atom stereocenters. The molecule has 0 spiro atoms. The minimum atomic E-state index is -1.04. The van der Waals surface area contributed by atoms with Crippen molar-refractivity contribution in [3.63, 3.8) is 0 Å². The zero-order valence-electron chi connectivity index (χ0n) is 10.8. The Labute approximate surface area is 116 Å². The molecule has 0 aromatic rings. The Balaban J connectivity index is 2.98. The predicted octanol–water partition coefficient (Wildman–Crippen LogP) is -0.846. The van der Waals surface area contributed by atoms with E-state index in [4.69, 9.17) is 18.0 Å². The maximum Gasteiger partial charge on any atom is 0.246 e. The molecular formula is C11H16N4O3S. The van der Waals surface area contributed by atoms with Crippen molar-refractivity contribution in [3.8, 4) is 0 Å². The molecule has 0 bridgehead atoms. The number of nitrogens with two attached hydrogens (primary N) is 1. The van der Waals surface area contributed by atoms with Gasteiger partial charge in [-0.05, 0) is 26.1 Å². The van der Waals surface area contributed by atoms with E-state index < -0.39 is 23.6 Å². The number of carbonyl (C=O) groups excluding carboxylic acids is 3. The first kappa shape index (κ1) is 15.2. The third-order valence-corrected chi connectivity index (χ3v) is 3.10. The van der Waals surface area contributed by atoms with Gasteiger partial charge in [0.25, 0.3) is 0 Å². The van der Waals surface area contributed by atoms with Gasteiger partial charge in [0, 0.05) is 19.3 Å². The maximum atomic E-state index is 12.1. The summed E-state index contributed by atoms with van der Waals surface area (Å²) in [7, 11) is 0. The summed E-state index contributed by atoms with van der Waals surface area (Å²) in [6.07, 6.45) is 1.17. The van der Waals surface area contributed by atoms with Crippen molar-refractivity contribution in [1.82, 2.24) is 9.80 Å². The van der Waals surface area contributed by atoms with Crippen molar-refractivity contribution in [2.45, 2.75) is 13.8 Å². The molecule has 0 aromatic heterocycles. The number of rotatable bonds is 5. The van der Waals surface area contributed by atoms with Gasteiger partial charge in [-0.15, -0.1) is 0 Å². The molecule has 104 valence electrons. The van der Waals surface area contributed by atoms with Crippen LogP contribution in [0, 0.1) is 5.92 Å². The van der Waals surface area contributed by atoms with Crippen LogP contribution in [0.3, 0.4) is 0 Å². The number of carbonyl (C=O) groups is 3. The van der Waals surface area contributed by atoms with Crippen LogP contribution in [0.4, 0.5) is 0 Å². The van der Waals surface area contributed by atoms with Gasteiger partial charge in [-0.2, -0.15) is 0 Å². The summed E-state index contributed by atoms with van der Waals surface area (Å²) in [4.78, 5) is 41.2. The van der Waals surface area contributed by atoms with E-state index in [1.54, 1.807) is 13.8 Å². The molecule has 0 aliphatic carbocycles. The quantitative estimate of drug-likeness (QED) is 0.404. The van der Waals surface area contributed by atoms with Gasteiger partial charge in [-0.25, -0.2) is 0 Å². The molecule has 7 nitrogen and oxygen atoms in total. The summed E-state index contributed by atoms with van der Waals surface area (Å²) in [5.74, 6) is -2.50. The number of nitrogens with zero attached hydrogens (tertiary/aromatic N) is 3. The molecule has 8 heteroatoms. The Morgan fingerprint density at radius 3 is 2.16 bits per heavy atom. The van der Waals surface area contributed by atoms with Crippen molar-refractivity contribution in [3.05, 3.63) is 0 Å². The third kappa shape index (κ3) is 3.14. The van der Waals surface area contributed by atoms with E-state index in [1.807, 2.05) is 0 Å². The van der Waals surface area contributed by atoms with Gasteiger partial charge in [0.1, 0.15) is 6.54 Å². The number of hydrogen-bond acceptors (Lipinski definition) is 5. The Morgan fingerprint density at radius 1 is 1.32 bits per heavy atom. The second-order valence-corrected chi connectivity index (χ2v) is 4.25. The summed E-state index contributed by atoms with van der Waals surface area (Å²) >= 11 is 5.10. The molecule has 1 rings (SSSR count). The highest BCUT2D eigenvalue weighted by molar-refractivity contribution is 7.80.